The molecule has 0 aliphatic heterocycles. The van der Waals surface area contributed by atoms with E-state index in [4.69, 9.17) is 9.84 Å². The summed E-state index contributed by atoms with van der Waals surface area (Å²) in [6.45, 7) is 4.55. The summed E-state index contributed by atoms with van der Waals surface area (Å²) >= 11 is 0. The van der Waals surface area contributed by atoms with Crippen LogP contribution >= 0.6 is 0 Å². The molecule has 20 heavy (non-hydrogen) atoms. The Bertz CT molecular complexity index is 631. The van der Waals surface area contributed by atoms with E-state index in [1.54, 1.807) is 0 Å². The molecule has 0 bridgehead atoms. The molecule has 2 rings (SSSR count). The van der Waals surface area contributed by atoms with Gasteiger partial charge < -0.3 is 9.84 Å². The Hall–Kier alpha value is -2.24. The van der Waals surface area contributed by atoms with Gasteiger partial charge in [-0.15, -0.1) is 0 Å². The first kappa shape index (κ1) is 14.2. The second-order valence-corrected chi connectivity index (χ2v) is 4.71. The van der Waals surface area contributed by atoms with Crippen LogP contribution in [-0.2, 0) is 6.61 Å². The van der Waals surface area contributed by atoms with Crippen LogP contribution in [0.1, 0.15) is 22.3 Å². The molecule has 1 N–H and O–H groups in total. The SMILES string of the molecule is Cc1ccc(OCc2ccc(C#CCO)cc2)c(C)c1. The molecule has 2 aromatic carbocycles. The van der Waals surface area contributed by atoms with Crippen LogP contribution in [0.25, 0.3) is 0 Å². The Balaban J connectivity index is 2.00. The van der Waals surface area contributed by atoms with Gasteiger partial charge in [-0.1, -0.05) is 41.7 Å². The molecule has 0 fully saturated rings. The highest BCUT2D eigenvalue weighted by molar-refractivity contribution is 5.37. The van der Waals surface area contributed by atoms with Crippen molar-refractivity contribution in [3.63, 3.8) is 0 Å². The predicted molar refractivity (Wildman–Crippen MR) is 80.7 cm³/mol. The predicted octanol–water partition coefficient (Wildman–Crippen LogP) is 3.23. The zero-order valence-corrected chi connectivity index (χ0v) is 11.8. The van der Waals surface area contributed by atoms with Gasteiger partial charge in [-0.3, -0.25) is 0 Å². The lowest BCUT2D eigenvalue weighted by Crippen LogP contribution is -1.97. The van der Waals surface area contributed by atoms with Gasteiger partial charge in [0.1, 0.15) is 19.0 Å². The van der Waals surface area contributed by atoms with Crippen molar-refractivity contribution in [2.24, 2.45) is 0 Å². The van der Waals surface area contributed by atoms with Gasteiger partial charge in [0.25, 0.3) is 0 Å². The van der Waals surface area contributed by atoms with E-state index in [1.165, 1.54) is 5.56 Å². The quantitative estimate of drug-likeness (QED) is 0.864. The average molecular weight is 266 g/mol. The molecule has 0 unspecified atom stereocenters. The van der Waals surface area contributed by atoms with E-state index in [1.807, 2.05) is 30.3 Å². The first-order chi connectivity index (χ1) is 9.69. The fourth-order valence-corrected chi connectivity index (χ4v) is 1.95. The number of aryl methyl sites for hydroxylation is 2. The molecule has 0 spiro atoms. The van der Waals surface area contributed by atoms with E-state index in [2.05, 4.69) is 37.8 Å². The van der Waals surface area contributed by atoms with E-state index in [0.717, 1.165) is 22.4 Å². The van der Waals surface area contributed by atoms with Gasteiger partial charge in [-0.2, -0.15) is 0 Å². The molecule has 0 aliphatic carbocycles. The largest absolute Gasteiger partial charge is 0.489 e. The smallest absolute Gasteiger partial charge is 0.122 e. The number of aliphatic hydroxyl groups excluding tert-OH is 1. The maximum absolute atomic E-state index is 8.64. The minimum Gasteiger partial charge on any atom is -0.489 e. The van der Waals surface area contributed by atoms with Gasteiger partial charge in [0.15, 0.2) is 0 Å². The summed E-state index contributed by atoms with van der Waals surface area (Å²) in [7, 11) is 0. The van der Waals surface area contributed by atoms with Gasteiger partial charge in [-0.05, 0) is 43.2 Å². The lowest BCUT2D eigenvalue weighted by molar-refractivity contribution is 0.304. The molecule has 0 amide bonds. The Morgan fingerprint density at radius 3 is 2.45 bits per heavy atom. The molecular formula is C18H18O2. The number of ether oxygens (including phenoxy) is 1. The van der Waals surface area contributed by atoms with E-state index in [0.29, 0.717) is 6.61 Å². The van der Waals surface area contributed by atoms with Crippen LogP contribution in [0.15, 0.2) is 42.5 Å². The molecule has 0 aromatic heterocycles. The third kappa shape index (κ3) is 3.88. The Morgan fingerprint density at radius 2 is 1.80 bits per heavy atom. The van der Waals surface area contributed by atoms with Gasteiger partial charge in [0.2, 0.25) is 0 Å². The van der Waals surface area contributed by atoms with Gasteiger partial charge >= 0.3 is 0 Å². The zero-order chi connectivity index (χ0) is 14.4. The number of rotatable bonds is 3. The highest BCUT2D eigenvalue weighted by Crippen LogP contribution is 2.20. The molecule has 0 radical (unpaired) electrons. The normalized spacial score (nSPS) is 9.75. The van der Waals surface area contributed by atoms with Gasteiger partial charge in [-0.25, -0.2) is 0 Å². The number of hydrogen-bond acceptors (Lipinski definition) is 2. The van der Waals surface area contributed by atoms with Crippen molar-refractivity contribution >= 4 is 0 Å². The first-order valence-electron chi connectivity index (χ1n) is 6.58. The average Bonchev–Trinajstić information content (AvgIpc) is 2.45. The summed E-state index contributed by atoms with van der Waals surface area (Å²) in [5.41, 5.74) is 4.38. The molecule has 0 heterocycles. The monoisotopic (exact) mass is 266 g/mol. The summed E-state index contributed by atoms with van der Waals surface area (Å²) < 4.78 is 5.82. The lowest BCUT2D eigenvalue weighted by atomic mass is 10.1. The number of benzene rings is 2. The van der Waals surface area contributed by atoms with Crippen LogP contribution in [-0.4, -0.2) is 11.7 Å². The minimum atomic E-state index is -0.114. The molecule has 0 saturated heterocycles. The Labute approximate surface area is 120 Å². The fraction of sp³-hybridized carbons (Fsp3) is 0.222. The molecule has 2 heteroatoms. The second-order valence-electron chi connectivity index (χ2n) is 4.71. The van der Waals surface area contributed by atoms with Crippen molar-refractivity contribution in [2.45, 2.75) is 20.5 Å². The van der Waals surface area contributed by atoms with Crippen molar-refractivity contribution in [3.8, 4) is 17.6 Å². The first-order valence-corrected chi connectivity index (χ1v) is 6.58. The highest BCUT2D eigenvalue weighted by atomic mass is 16.5. The summed E-state index contributed by atoms with van der Waals surface area (Å²) in [4.78, 5) is 0. The zero-order valence-electron chi connectivity index (χ0n) is 11.8. The van der Waals surface area contributed by atoms with E-state index >= 15 is 0 Å². The van der Waals surface area contributed by atoms with Crippen molar-refractivity contribution in [1.29, 1.82) is 0 Å². The van der Waals surface area contributed by atoms with Crippen molar-refractivity contribution in [1.82, 2.24) is 0 Å². The van der Waals surface area contributed by atoms with E-state index in [-0.39, 0.29) is 6.61 Å². The van der Waals surface area contributed by atoms with Crippen LogP contribution in [0.3, 0.4) is 0 Å². The van der Waals surface area contributed by atoms with Crippen LogP contribution in [0.4, 0.5) is 0 Å². The van der Waals surface area contributed by atoms with Crippen molar-refractivity contribution in [2.75, 3.05) is 6.61 Å². The standard InChI is InChI=1S/C18H18O2/c1-14-5-10-18(15(2)12-14)20-13-17-8-6-16(7-9-17)4-3-11-19/h5-10,12,19H,11,13H2,1-2H3. The second kappa shape index (κ2) is 6.79. The van der Waals surface area contributed by atoms with Crippen molar-refractivity contribution < 1.29 is 9.84 Å². The molecule has 0 atom stereocenters. The summed E-state index contributed by atoms with van der Waals surface area (Å²) in [5.74, 6) is 6.42. The molecule has 2 aromatic rings. The van der Waals surface area contributed by atoms with Gasteiger partial charge in [0, 0.05) is 5.56 Å². The maximum atomic E-state index is 8.64. The number of hydrogen-bond donors (Lipinski definition) is 1. The Kier molecular flexibility index (Phi) is 4.81. The summed E-state index contributed by atoms with van der Waals surface area (Å²) in [5, 5.41) is 8.64. The van der Waals surface area contributed by atoms with Crippen LogP contribution in [0, 0.1) is 25.7 Å². The highest BCUT2D eigenvalue weighted by Gasteiger charge is 2.00. The van der Waals surface area contributed by atoms with Crippen LogP contribution < -0.4 is 4.74 Å². The summed E-state index contributed by atoms with van der Waals surface area (Å²) in [6.07, 6.45) is 0. The third-order valence-electron chi connectivity index (χ3n) is 2.99. The number of aliphatic hydroxyl groups is 1. The van der Waals surface area contributed by atoms with E-state index in [9.17, 15) is 0 Å². The molecular weight excluding hydrogens is 248 g/mol. The molecule has 2 nitrogen and oxygen atoms in total. The minimum absolute atomic E-state index is 0.114. The summed E-state index contributed by atoms with van der Waals surface area (Å²) in [6, 6.07) is 14.0. The molecule has 0 saturated carbocycles. The van der Waals surface area contributed by atoms with Gasteiger partial charge in [0.05, 0.1) is 0 Å². The van der Waals surface area contributed by atoms with Crippen molar-refractivity contribution in [3.05, 3.63) is 64.7 Å². The topological polar surface area (TPSA) is 29.5 Å². The molecule has 0 aliphatic rings. The maximum Gasteiger partial charge on any atom is 0.122 e. The lowest BCUT2D eigenvalue weighted by Gasteiger charge is -2.09. The third-order valence-corrected chi connectivity index (χ3v) is 2.99. The Morgan fingerprint density at radius 1 is 1.05 bits per heavy atom. The molecule has 102 valence electrons. The van der Waals surface area contributed by atoms with Crippen LogP contribution in [0.5, 0.6) is 5.75 Å². The van der Waals surface area contributed by atoms with Crippen LogP contribution in [0.2, 0.25) is 0 Å². The van der Waals surface area contributed by atoms with E-state index < -0.39 is 0 Å². The fourth-order valence-electron chi connectivity index (χ4n) is 1.95.